The van der Waals surface area contributed by atoms with E-state index in [0.29, 0.717) is 5.52 Å². The lowest BCUT2D eigenvalue weighted by molar-refractivity contribution is 0.0935. The predicted molar refractivity (Wildman–Crippen MR) is 55.2 cm³/mol. The topological polar surface area (TPSA) is 45.8 Å². The van der Waals surface area contributed by atoms with Gasteiger partial charge in [-0.3, -0.25) is 9.89 Å². The number of rotatable bonds is 2. The minimum atomic E-state index is -0.495. The lowest BCUT2D eigenvalue weighted by Gasteiger charge is -2.05. The summed E-state index contributed by atoms with van der Waals surface area (Å²) in [5.41, 5.74) is 0.742. The molecule has 0 radical (unpaired) electrons. The molecule has 2 rings (SSSR count). The summed E-state index contributed by atoms with van der Waals surface area (Å²) >= 11 is 0. The van der Waals surface area contributed by atoms with Crippen molar-refractivity contribution in [1.82, 2.24) is 10.2 Å². The molecule has 2 aromatic rings. The second-order valence-electron chi connectivity index (χ2n) is 3.81. The summed E-state index contributed by atoms with van der Waals surface area (Å²) in [6.45, 7) is 3.50. The molecule has 78 valence electrons. The fraction of sp³-hybridized carbons (Fsp3) is 0.273. The molecule has 0 saturated carbocycles. The molecule has 0 unspecified atom stereocenters. The van der Waals surface area contributed by atoms with Crippen LogP contribution in [0, 0.1) is 11.7 Å². The number of halogens is 1. The van der Waals surface area contributed by atoms with E-state index in [0.717, 1.165) is 5.39 Å². The molecule has 0 aliphatic heterocycles. The van der Waals surface area contributed by atoms with E-state index in [1.165, 1.54) is 12.1 Å². The van der Waals surface area contributed by atoms with Gasteiger partial charge in [0.15, 0.2) is 5.78 Å². The first-order valence-corrected chi connectivity index (χ1v) is 4.76. The fourth-order valence-electron chi connectivity index (χ4n) is 1.46. The summed E-state index contributed by atoms with van der Waals surface area (Å²) in [6, 6.07) is 2.84. The summed E-state index contributed by atoms with van der Waals surface area (Å²) in [7, 11) is 0. The second kappa shape index (κ2) is 3.46. The maximum Gasteiger partial charge on any atom is 0.168 e. The number of carbonyl (C=O) groups is 1. The average molecular weight is 206 g/mol. The molecule has 1 aromatic heterocycles. The van der Waals surface area contributed by atoms with Gasteiger partial charge in [0.2, 0.25) is 0 Å². The van der Waals surface area contributed by atoms with Crippen LogP contribution in [0.25, 0.3) is 10.9 Å². The summed E-state index contributed by atoms with van der Waals surface area (Å²) in [5, 5.41) is 7.19. The lowest BCUT2D eigenvalue weighted by Crippen LogP contribution is -2.09. The number of hydrogen-bond acceptors (Lipinski definition) is 2. The van der Waals surface area contributed by atoms with Gasteiger partial charge in [-0.2, -0.15) is 5.10 Å². The minimum absolute atomic E-state index is 0.138. The standard InChI is InChI=1S/C11H11FN2O/c1-6(2)11(15)8-3-7-5-13-14-10(7)4-9(8)12/h3-6H,1-2H3,(H,13,14). The third kappa shape index (κ3) is 1.63. The SMILES string of the molecule is CC(C)C(=O)c1cc2cn[nH]c2cc1F. The van der Waals surface area contributed by atoms with Crippen LogP contribution in [0.1, 0.15) is 24.2 Å². The third-order valence-corrected chi connectivity index (χ3v) is 2.32. The summed E-state index contributed by atoms with van der Waals surface area (Å²) in [4.78, 5) is 11.7. The monoisotopic (exact) mass is 206 g/mol. The van der Waals surface area contributed by atoms with Gasteiger partial charge in [-0.1, -0.05) is 13.8 Å². The van der Waals surface area contributed by atoms with E-state index in [1.54, 1.807) is 20.0 Å². The molecule has 4 heteroatoms. The van der Waals surface area contributed by atoms with Crippen LogP contribution < -0.4 is 0 Å². The summed E-state index contributed by atoms with van der Waals surface area (Å²) < 4.78 is 13.5. The molecular weight excluding hydrogens is 195 g/mol. The number of H-pyrrole nitrogens is 1. The van der Waals surface area contributed by atoms with Gasteiger partial charge in [-0.15, -0.1) is 0 Å². The molecule has 1 heterocycles. The summed E-state index contributed by atoms with van der Waals surface area (Å²) in [5.74, 6) is -0.884. The predicted octanol–water partition coefficient (Wildman–Crippen LogP) is 2.54. The van der Waals surface area contributed by atoms with Crippen LogP contribution in [0.2, 0.25) is 0 Å². The Morgan fingerprint density at radius 2 is 2.20 bits per heavy atom. The van der Waals surface area contributed by atoms with Crippen molar-refractivity contribution in [3.8, 4) is 0 Å². The van der Waals surface area contributed by atoms with Gasteiger partial charge in [0.25, 0.3) is 0 Å². The lowest BCUT2D eigenvalue weighted by atomic mass is 9.99. The maximum absolute atomic E-state index is 13.5. The Kier molecular flexibility index (Phi) is 2.26. The van der Waals surface area contributed by atoms with Crippen LogP contribution in [0.15, 0.2) is 18.3 Å². The Hall–Kier alpha value is -1.71. The van der Waals surface area contributed by atoms with Gasteiger partial charge >= 0.3 is 0 Å². The van der Waals surface area contributed by atoms with Gasteiger partial charge in [-0.05, 0) is 6.07 Å². The molecule has 15 heavy (non-hydrogen) atoms. The third-order valence-electron chi connectivity index (χ3n) is 2.32. The smallest absolute Gasteiger partial charge is 0.168 e. The van der Waals surface area contributed by atoms with E-state index in [9.17, 15) is 9.18 Å². The zero-order valence-corrected chi connectivity index (χ0v) is 8.54. The highest BCUT2D eigenvalue weighted by Gasteiger charge is 2.16. The molecule has 0 bridgehead atoms. The Bertz CT molecular complexity index is 516. The van der Waals surface area contributed by atoms with Crippen molar-refractivity contribution in [3.63, 3.8) is 0 Å². The summed E-state index contributed by atoms with van der Waals surface area (Å²) in [6.07, 6.45) is 1.58. The Labute approximate surface area is 86.3 Å². The number of aromatic nitrogens is 2. The van der Waals surface area contributed by atoms with Crippen LogP contribution in [0.4, 0.5) is 4.39 Å². The van der Waals surface area contributed by atoms with Crippen molar-refractivity contribution >= 4 is 16.7 Å². The molecule has 3 nitrogen and oxygen atoms in total. The molecule has 0 spiro atoms. The van der Waals surface area contributed by atoms with E-state index < -0.39 is 5.82 Å². The van der Waals surface area contributed by atoms with Crippen molar-refractivity contribution in [2.45, 2.75) is 13.8 Å². The highest BCUT2D eigenvalue weighted by Crippen LogP contribution is 2.19. The Morgan fingerprint density at radius 3 is 2.87 bits per heavy atom. The second-order valence-corrected chi connectivity index (χ2v) is 3.81. The van der Waals surface area contributed by atoms with Crippen molar-refractivity contribution in [2.75, 3.05) is 0 Å². The van der Waals surface area contributed by atoms with E-state index in [-0.39, 0.29) is 17.3 Å². The maximum atomic E-state index is 13.5. The number of fused-ring (bicyclic) bond motifs is 1. The molecule has 0 amide bonds. The minimum Gasteiger partial charge on any atom is -0.294 e. The molecule has 0 fully saturated rings. The van der Waals surface area contributed by atoms with Crippen LogP contribution >= 0.6 is 0 Å². The van der Waals surface area contributed by atoms with Crippen molar-refractivity contribution in [1.29, 1.82) is 0 Å². The molecular formula is C11H11FN2O. The molecule has 0 atom stereocenters. The van der Waals surface area contributed by atoms with E-state index >= 15 is 0 Å². The number of Topliss-reactive ketones (excluding diaryl/α,β-unsaturated/α-hetero) is 1. The van der Waals surface area contributed by atoms with Crippen LogP contribution in [0.5, 0.6) is 0 Å². The average Bonchev–Trinajstić information content (AvgIpc) is 2.62. The molecule has 0 aliphatic carbocycles. The Morgan fingerprint density at radius 1 is 1.47 bits per heavy atom. The highest BCUT2D eigenvalue weighted by atomic mass is 19.1. The van der Waals surface area contributed by atoms with Crippen LogP contribution in [0.3, 0.4) is 0 Å². The van der Waals surface area contributed by atoms with E-state index in [4.69, 9.17) is 0 Å². The first-order valence-electron chi connectivity index (χ1n) is 4.76. The van der Waals surface area contributed by atoms with Gasteiger partial charge in [0.05, 0.1) is 17.3 Å². The molecule has 0 aliphatic rings. The van der Waals surface area contributed by atoms with Gasteiger partial charge in [-0.25, -0.2) is 4.39 Å². The van der Waals surface area contributed by atoms with Gasteiger partial charge < -0.3 is 0 Å². The number of benzene rings is 1. The van der Waals surface area contributed by atoms with E-state index in [1.807, 2.05) is 0 Å². The number of aromatic amines is 1. The van der Waals surface area contributed by atoms with Crippen LogP contribution in [-0.2, 0) is 0 Å². The first-order chi connectivity index (χ1) is 7.09. The number of nitrogens with zero attached hydrogens (tertiary/aromatic N) is 1. The zero-order valence-electron chi connectivity index (χ0n) is 8.54. The van der Waals surface area contributed by atoms with Gasteiger partial charge in [0.1, 0.15) is 5.82 Å². The van der Waals surface area contributed by atoms with Crippen LogP contribution in [-0.4, -0.2) is 16.0 Å². The number of carbonyl (C=O) groups excluding carboxylic acids is 1. The van der Waals surface area contributed by atoms with Crippen molar-refractivity contribution in [2.24, 2.45) is 5.92 Å². The highest BCUT2D eigenvalue weighted by molar-refractivity contribution is 6.00. The van der Waals surface area contributed by atoms with Crippen molar-refractivity contribution in [3.05, 3.63) is 29.7 Å². The fourth-order valence-corrected chi connectivity index (χ4v) is 1.46. The molecule has 1 aromatic carbocycles. The van der Waals surface area contributed by atoms with Gasteiger partial charge in [0, 0.05) is 17.4 Å². The zero-order chi connectivity index (χ0) is 11.0. The normalized spacial score (nSPS) is 11.2. The Balaban J connectivity index is 2.60. The van der Waals surface area contributed by atoms with Crippen molar-refractivity contribution < 1.29 is 9.18 Å². The first kappa shape index (κ1) is 9.83. The van der Waals surface area contributed by atoms with E-state index in [2.05, 4.69) is 10.2 Å². The number of nitrogens with one attached hydrogen (secondary N) is 1. The number of ketones is 1. The molecule has 0 saturated heterocycles. The quantitative estimate of drug-likeness (QED) is 0.767. The number of hydrogen-bond donors (Lipinski definition) is 1. The molecule has 1 N–H and O–H groups in total. The largest absolute Gasteiger partial charge is 0.294 e.